The SMILES string of the molecule is CCOC(=O)/C=N/N=C/c1ccccc1. The second kappa shape index (κ2) is 6.48. The Morgan fingerprint density at radius 1 is 1.33 bits per heavy atom. The molecule has 0 aromatic heterocycles. The zero-order valence-corrected chi connectivity index (χ0v) is 8.46. The maximum Gasteiger partial charge on any atom is 0.351 e. The Hall–Kier alpha value is -1.97. The van der Waals surface area contributed by atoms with Crippen LogP contribution in [0.3, 0.4) is 0 Å². The highest BCUT2D eigenvalue weighted by Crippen LogP contribution is 1.93. The van der Waals surface area contributed by atoms with Gasteiger partial charge in [-0.2, -0.15) is 10.2 Å². The van der Waals surface area contributed by atoms with Gasteiger partial charge in [0.15, 0.2) is 0 Å². The van der Waals surface area contributed by atoms with Crippen LogP contribution in [-0.4, -0.2) is 25.0 Å². The van der Waals surface area contributed by atoms with E-state index in [1.807, 2.05) is 30.3 Å². The van der Waals surface area contributed by atoms with Gasteiger partial charge in [-0.1, -0.05) is 30.3 Å². The molecule has 0 heterocycles. The highest BCUT2D eigenvalue weighted by molar-refractivity contribution is 6.23. The summed E-state index contributed by atoms with van der Waals surface area (Å²) in [5.41, 5.74) is 0.929. The lowest BCUT2D eigenvalue weighted by atomic mass is 10.2. The van der Waals surface area contributed by atoms with Crippen molar-refractivity contribution in [3.05, 3.63) is 35.9 Å². The summed E-state index contributed by atoms with van der Waals surface area (Å²) in [6, 6.07) is 9.50. The minimum Gasteiger partial charge on any atom is -0.462 e. The van der Waals surface area contributed by atoms with Crippen molar-refractivity contribution in [3.8, 4) is 0 Å². The van der Waals surface area contributed by atoms with Crippen LogP contribution < -0.4 is 0 Å². The molecular weight excluding hydrogens is 192 g/mol. The summed E-state index contributed by atoms with van der Waals surface area (Å²) >= 11 is 0. The maximum atomic E-state index is 10.8. The molecule has 0 bridgehead atoms. The zero-order chi connectivity index (χ0) is 10.9. The number of hydrogen-bond acceptors (Lipinski definition) is 4. The lowest BCUT2D eigenvalue weighted by Gasteiger charge is -1.91. The van der Waals surface area contributed by atoms with Gasteiger partial charge in [0.1, 0.15) is 6.21 Å². The third-order valence-corrected chi connectivity index (χ3v) is 1.52. The van der Waals surface area contributed by atoms with Gasteiger partial charge in [0.05, 0.1) is 12.8 Å². The van der Waals surface area contributed by atoms with E-state index >= 15 is 0 Å². The molecule has 1 aromatic carbocycles. The lowest BCUT2D eigenvalue weighted by Crippen LogP contribution is -2.04. The minimum absolute atomic E-state index is 0.341. The first-order valence-corrected chi connectivity index (χ1v) is 4.61. The van der Waals surface area contributed by atoms with Crippen molar-refractivity contribution in [2.75, 3.05) is 6.61 Å². The average molecular weight is 204 g/mol. The molecule has 0 saturated carbocycles. The molecule has 0 spiro atoms. The standard InChI is InChI=1S/C11H12N2O2/c1-2-15-11(14)9-13-12-8-10-6-4-3-5-7-10/h3-9H,2H2,1H3/b12-8+,13-9+. The summed E-state index contributed by atoms with van der Waals surface area (Å²) in [6.45, 7) is 2.08. The number of carbonyl (C=O) groups is 1. The molecule has 0 N–H and O–H groups in total. The number of hydrogen-bond donors (Lipinski definition) is 0. The van der Waals surface area contributed by atoms with Gasteiger partial charge in [-0.3, -0.25) is 0 Å². The zero-order valence-electron chi connectivity index (χ0n) is 8.46. The van der Waals surface area contributed by atoms with Gasteiger partial charge < -0.3 is 4.74 Å². The van der Waals surface area contributed by atoms with Crippen LogP contribution in [0.4, 0.5) is 0 Å². The summed E-state index contributed by atoms with van der Waals surface area (Å²) < 4.78 is 4.63. The molecular formula is C11H12N2O2. The molecule has 0 amide bonds. The third kappa shape index (κ3) is 4.71. The van der Waals surface area contributed by atoms with Crippen molar-refractivity contribution in [1.82, 2.24) is 0 Å². The molecule has 0 radical (unpaired) electrons. The van der Waals surface area contributed by atoms with Gasteiger partial charge in [0.25, 0.3) is 0 Å². The van der Waals surface area contributed by atoms with E-state index in [2.05, 4.69) is 14.9 Å². The first-order valence-electron chi connectivity index (χ1n) is 4.61. The highest BCUT2D eigenvalue weighted by Gasteiger charge is 1.92. The van der Waals surface area contributed by atoms with Gasteiger partial charge in [0.2, 0.25) is 0 Å². The normalized spacial score (nSPS) is 11.0. The van der Waals surface area contributed by atoms with Crippen molar-refractivity contribution < 1.29 is 9.53 Å². The number of rotatable bonds is 4. The maximum absolute atomic E-state index is 10.8. The van der Waals surface area contributed by atoms with E-state index in [4.69, 9.17) is 0 Å². The van der Waals surface area contributed by atoms with E-state index in [0.717, 1.165) is 11.8 Å². The summed E-state index contributed by atoms with van der Waals surface area (Å²) in [5.74, 6) is -0.484. The van der Waals surface area contributed by atoms with Crippen molar-refractivity contribution in [2.24, 2.45) is 10.2 Å². The largest absolute Gasteiger partial charge is 0.462 e. The molecule has 0 aliphatic carbocycles. The van der Waals surface area contributed by atoms with Crippen molar-refractivity contribution >= 4 is 18.4 Å². The topological polar surface area (TPSA) is 51.0 Å². The Bertz CT molecular complexity index is 358. The number of esters is 1. The van der Waals surface area contributed by atoms with E-state index in [9.17, 15) is 4.79 Å². The quantitative estimate of drug-likeness (QED) is 0.425. The molecule has 78 valence electrons. The van der Waals surface area contributed by atoms with Crippen molar-refractivity contribution in [1.29, 1.82) is 0 Å². The molecule has 0 aliphatic rings. The fourth-order valence-corrected chi connectivity index (χ4v) is 0.899. The van der Waals surface area contributed by atoms with E-state index in [0.29, 0.717) is 6.61 Å². The van der Waals surface area contributed by atoms with E-state index in [1.165, 1.54) is 0 Å². The van der Waals surface area contributed by atoms with Crippen LogP contribution in [0, 0.1) is 0 Å². The van der Waals surface area contributed by atoms with Gasteiger partial charge in [-0.25, -0.2) is 4.79 Å². The monoisotopic (exact) mass is 204 g/mol. The number of ether oxygens (including phenoxy) is 1. The van der Waals surface area contributed by atoms with Crippen molar-refractivity contribution in [2.45, 2.75) is 6.92 Å². The average Bonchev–Trinajstić information content (AvgIpc) is 2.26. The fraction of sp³-hybridized carbons (Fsp3) is 0.182. The summed E-state index contributed by atoms with van der Waals surface area (Å²) in [4.78, 5) is 10.8. The van der Waals surface area contributed by atoms with Crippen LogP contribution >= 0.6 is 0 Å². The van der Waals surface area contributed by atoms with Gasteiger partial charge >= 0.3 is 5.97 Å². The molecule has 15 heavy (non-hydrogen) atoms. The minimum atomic E-state index is -0.484. The number of carbonyl (C=O) groups excluding carboxylic acids is 1. The van der Waals surface area contributed by atoms with Crippen molar-refractivity contribution in [3.63, 3.8) is 0 Å². The Balaban J connectivity index is 2.43. The van der Waals surface area contributed by atoms with Gasteiger partial charge in [0, 0.05) is 0 Å². The Kier molecular flexibility index (Phi) is 4.80. The Labute approximate surface area is 88.3 Å². The second-order valence-corrected chi connectivity index (χ2v) is 2.65. The Morgan fingerprint density at radius 3 is 2.73 bits per heavy atom. The predicted molar refractivity (Wildman–Crippen MR) is 59.2 cm³/mol. The molecule has 0 aliphatic heterocycles. The summed E-state index contributed by atoms with van der Waals surface area (Å²) in [7, 11) is 0. The van der Waals surface area contributed by atoms with Crippen LogP contribution in [0.2, 0.25) is 0 Å². The smallest absolute Gasteiger partial charge is 0.351 e. The van der Waals surface area contributed by atoms with E-state index in [-0.39, 0.29) is 0 Å². The molecule has 1 rings (SSSR count). The first-order chi connectivity index (χ1) is 7.33. The van der Waals surface area contributed by atoms with Gasteiger partial charge in [-0.15, -0.1) is 0 Å². The van der Waals surface area contributed by atoms with Crippen LogP contribution in [0.25, 0.3) is 0 Å². The number of nitrogens with zero attached hydrogens (tertiary/aromatic N) is 2. The van der Waals surface area contributed by atoms with E-state index < -0.39 is 5.97 Å². The third-order valence-electron chi connectivity index (χ3n) is 1.52. The molecule has 4 nitrogen and oxygen atoms in total. The molecule has 4 heteroatoms. The summed E-state index contributed by atoms with van der Waals surface area (Å²) in [6.07, 6.45) is 2.61. The summed E-state index contributed by atoms with van der Waals surface area (Å²) in [5, 5.41) is 7.26. The van der Waals surface area contributed by atoms with Gasteiger partial charge in [-0.05, 0) is 12.5 Å². The molecule has 0 fully saturated rings. The highest BCUT2D eigenvalue weighted by atomic mass is 16.5. The molecule has 1 aromatic rings. The van der Waals surface area contributed by atoms with Crippen LogP contribution in [0.1, 0.15) is 12.5 Å². The second-order valence-electron chi connectivity index (χ2n) is 2.65. The Morgan fingerprint density at radius 2 is 2.07 bits per heavy atom. The molecule has 0 atom stereocenters. The fourth-order valence-electron chi connectivity index (χ4n) is 0.899. The molecule has 0 unspecified atom stereocenters. The predicted octanol–water partition coefficient (Wildman–Crippen LogP) is 1.65. The van der Waals surface area contributed by atoms with Crippen LogP contribution in [0.15, 0.2) is 40.5 Å². The molecule has 0 saturated heterocycles. The first kappa shape index (κ1) is 11.1. The lowest BCUT2D eigenvalue weighted by molar-refractivity contribution is -0.134. The van der Waals surface area contributed by atoms with Crippen LogP contribution in [-0.2, 0) is 9.53 Å². The van der Waals surface area contributed by atoms with Crippen LogP contribution in [0.5, 0.6) is 0 Å². The number of benzene rings is 1. The van der Waals surface area contributed by atoms with E-state index in [1.54, 1.807) is 13.1 Å².